The molecule has 1 aromatic carbocycles. The lowest BCUT2D eigenvalue weighted by molar-refractivity contribution is 0.0752. The molecule has 2 rings (SSSR count). The van der Waals surface area contributed by atoms with Gasteiger partial charge in [-0.05, 0) is 36.4 Å². The maximum absolute atomic E-state index is 12.6. The normalized spacial score (nSPS) is 11.3. The van der Waals surface area contributed by atoms with Crippen LogP contribution in [-0.4, -0.2) is 37.4 Å². The first-order valence-corrected chi connectivity index (χ1v) is 10.4. The highest BCUT2D eigenvalue weighted by atomic mass is 32.2. The van der Waals surface area contributed by atoms with Gasteiger partial charge in [0.25, 0.3) is 15.9 Å². The summed E-state index contributed by atoms with van der Waals surface area (Å²) >= 11 is 1.10. The van der Waals surface area contributed by atoms with Gasteiger partial charge in [-0.1, -0.05) is 19.9 Å². The fourth-order valence-electron chi connectivity index (χ4n) is 2.42. The molecule has 0 spiro atoms. The van der Waals surface area contributed by atoms with Gasteiger partial charge in [0.2, 0.25) is 0 Å². The van der Waals surface area contributed by atoms with Crippen LogP contribution in [0.4, 0.5) is 5.69 Å². The SMILES string of the molecule is CCCN(CCC)C(=O)c1ccc(NS(=O)(=O)c2cccs2)cc1O. The summed E-state index contributed by atoms with van der Waals surface area (Å²) < 4.78 is 27.0. The fraction of sp³-hybridized carbons (Fsp3) is 0.353. The van der Waals surface area contributed by atoms with Crippen molar-refractivity contribution in [2.45, 2.75) is 30.9 Å². The average Bonchev–Trinajstić information content (AvgIpc) is 3.09. The molecule has 2 N–H and O–H groups in total. The summed E-state index contributed by atoms with van der Waals surface area (Å²) in [7, 11) is -3.69. The first kappa shape index (κ1) is 19.3. The van der Waals surface area contributed by atoms with Crippen LogP contribution in [0.15, 0.2) is 39.9 Å². The molecule has 25 heavy (non-hydrogen) atoms. The number of carbonyl (C=O) groups excluding carboxylic acids is 1. The van der Waals surface area contributed by atoms with Gasteiger partial charge in [-0.3, -0.25) is 9.52 Å². The van der Waals surface area contributed by atoms with Gasteiger partial charge < -0.3 is 10.0 Å². The molecule has 6 nitrogen and oxygen atoms in total. The molecule has 0 aliphatic carbocycles. The number of hydrogen-bond donors (Lipinski definition) is 2. The number of benzene rings is 1. The predicted octanol–water partition coefficient (Wildman–Crippen LogP) is 3.52. The monoisotopic (exact) mass is 382 g/mol. The van der Waals surface area contributed by atoms with Gasteiger partial charge in [-0.2, -0.15) is 0 Å². The molecule has 0 bridgehead atoms. The number of thiophene rings is 1. The minimum atomic E-state index is -3.69. The van der Waals surface area contributed by atoms with Crippen LogP contribution >= 0.6 is 11.3 Å². The number of sulfonamides is 1. The molecule has 0 saturated heterocycles. The predicted molar refractivity (Wildman–Crippen MR) is 99.7 cm³/mol. The lowest BCUT2D eigenvalue weighted by Gasteiger charge is -2.22. The van der Waals surface area contributed by atoms with Crippen molar-refractivity contribution in [3.05, 3.63) is 41.3 Å². The van der Waals surface area contributed by atoms with Crippen molar-refractivity contribution >= 4 is 33.0 Å². The Hall–Kier alpha value is -2.06. The van der Waals surface area contributed by atoms with E-state index >= 15 is 0 Å². The summed E-state index contributed by atoms with van der Waals surface area (Å²) in [4.78, 5) is 14.2. The van der Waals surface area contributed by atoms with Crippen molar-refractivity contribution in [1.82, 2.24) is 4.90 Å². The highest BCUT2D eigenvalue weighted by Crippen LogP contribution is 2.26. The van der Waals surface area contributed by atoms with Crippen LogP contribution in [0.2, 0.25) is 0 Å². The highest BCUT2D eigenvalue weighted by molar-refractivity contribution is 7.94. The van der Waals surface area contributed by atoms with Crippen LogP contribution in [0, 0.1) is 0 Å². The Kier molecular flexibility index (Phi) is 6.44. The standard InChI is InChI=1S/C17H22N2O4S2/c1-3-9-19(10-4-2)17(21)14-8-7-13(12-15(14)20)18-25(22,23)16-6-5-11-24-16/h5-8,11-12,18,20H,3-4,9-10H2,1-2H3. The molecule has 0 saturated carbocycles. The van der Waals surface area contributed by atoms with E-state index in [4.69, 9.17) is 0 Å². The Bertz CT molecular complexity index is 811. The van der Waals surface area contributed by atoms with E-state index in [0.29, 0.717) is 13.1 Å². The van der Waals surface area contributed by atoms with Gasteiger partial charge in [0, 0.05) is 19.2 Å². The molecule has 0 aliphatic heterocycles. The van der Waals surface area contributed by atoms with E-state index in [1.807, 2.05) is 13.8 Å². The Labute approximate surface area is 152 Å². The number of hydrogen-bond acceptors (Lipinski definition) is 5. The largest absolute Gasteiger partial charge is 0.507 e. The maximum atomic E-state index is 12.6. The van der Waals surface area contributed by atoms with Gasteiger partial charge in [0.1, 0.15) is 9.96 Å². The number of anilines is 1. The van der Waals surface area contributed by atoms with E-state index in [0.717, 1.165) is 24.2 Å². The van der Waals surface area contributed by atoms with Crippen molar-refractivity contribution in [3.63, 3.8) is 0 Å². The quantitative estimate of drug-likeness (QED) is 0.731. The van der Waals surface area contributed by atoms with E-state index in [1.54, 1.807) is 16.3 Å². The smallest absolute Gasteiger partial charge is 0.271 e. The number of nitrogens with one attached hydrogen (secondary N) is 1. The number of phenolic OH excluding ortho intramolecular Hbond substituents is 1. The summed E-state index contributed by atoms with van der Waals surface area (Å²) in [6, 6.07) is 7.33. The zero-order valence-electron chi connectivity index (χ0n) is 14.2. The molecule has 0 atom stereocenters. The van der Waals surface area contributed by atoms with Gasteiger partial charge in [0.15, 0.2) is 0 Å². The zero-order valence-corrected chi connectivity index (χ0v) is 15.9. The van der Waals surface area contributed by atoms with E-state index < -0.39 is 10.0 Å². The molecule has 0 fully saturated rings. The second-order valence-corrected chi connectivity index (χ2v) is 8.42. The van der Waals surface area contributed by atoms with Crippen LogP contribution in [0.1, 0.15) is 37.0 Å². The fourth-order valence-corrected chi connectivity index (χ4v) is 4.47. The Balaban J connectivity index is 2.21. The van der Waals surface area contributed by atoms with Crippen molar-refractivity contribution in [3.8, 4) is 5.75 Å². The molecule has 2 aromatic rings. The molecule has 1 heterocycles. The second kappa shape index (κ2) is 8.35. The summed E-state index contributed by atoms with van der Waals surface area (Å²) in [6.07, 6.45) is 1.65. The topological polar surface area (TPSA) is 86.7 Å². The van der Waals surface area contributed by atoms with E-state index in [2.05, 4.69) is 4.72 Å². The van der Waals surface area contributed by atoms with Crippen LogP contribution < -0.4 is 4.72 Å². The van der Waals surface area contributed by atoms with Crippen molar-refractivity contribution < 1.29 is 18.3 Å². The van der Waals surface area contributed by atoms with Crippen molar-refractivity contribution in [2.24, 2.45) is 0 Å². The number of rotatable bonds is 8. The van der Waals surface area contributed by atoms with E-state index in [1.165, 1.54) is 24.3 Å². The molecule has 0 unspecified atom stereocenters. The first-order chi connectivity index (χ1) is 11.9. The molecule has 136 valence electrons. The molecular weight excluding hydrogens is 360 g/mol. The van der Waals surface area contributed by atoms with Crippen LogP contribution in [0.25, 0.3) is 0 Å². The highest BCUT2D eigenvalue weighted by Gasteiger charge is 2.20. The van der Waals surface area contributed by atoms with Gasteiger partial charge >= 0.3 is 0 Å². The van der Waals surface area contributed by atoms with Crippen LogP contribution in [-0.2, 0) is 10.0 Å². The molecule has 8 heteroatoms. The second-order valence-electron chi connectivity index (χ2n) is 5.56. The average molecular weight is 383 g/mol. The third-order valence-corrected chi connectivity index (χ3v) is 6.29. The number of nitrogens with zero attached hydrogens (tertiary/aromatic N) is 1. The summed E-state index contributed by atoms with van der Waals surface area (Å²) in [5.74, 6) is -0.498. The van der Waals surface area contributed by atoms with Gasteiger partial charge in [0.05, 0.1) is 11.3 Å². The third kappa shape index (κ3) is 4.73. The maximum Gasteiger partial charge on any atom is 0.271 e. The third-order valence-electron chi connectivity index (χ3n) is 3.51. The lowest BCUT2D eigenvalue weighted by Crippen LogP contribution is -2.32. The van der Waals surface area contributed by atoms with Gasteiger partial charge in [-0.15, -0.1) is 11.3 Å². The van der Waals surface area contributed by atoms with Crippen molar-refractivity contribution in [1.29, 1.82) is 0 Å². The zero-order chi connectivity index (χ0) is 18.4. The Morgan fingerprint density at radius 3 is 2.40 bits per heavy atom. The number of carbonyl (C=O) groups is 1. The Morgan fingerprint density at radius 1 is 1.20 bits per heavy atom. The minimum absolute atomic E-state index is 0.168. The molecule has 1 amide bonds. The van der Waals surface area contributed by atoms with E-state index in [-0.39, 0.29) is 27.1 Å². The molecular formula is C17H22N2O4S2. The van der Waals surface area contributed by atoms with Crippen molar-refractivity contribution in [2.75, 3.05) is 17.8 Å². The molecule has 0 radical (unpaired) electrons. The van der Waals surface area contributed by atoms with Crippen LogP contribution in [0.3, 0.4) is 0 Å². The molecule has 1 aromatic heterocycles. The first-order valence-electron chi connectivity index (χ1n) is 8.07. The number of phenols is 1. The summed E-state index contributed by atoms with van der Waals surface area (Å²) in [5, 5.41) is 11.9. The Morgan fingerprint density at radius 2 is 1.88 bits per heavy atom. The van der Waals surface area contributed by atoms with E-state index in [9.17, 15) is 18.3 Å². The minimum Gasteiger partial charge on any atom is -0.507 e. The number of aromatic hydroxyl groups is 1. The van der Waals surface area contributed by atoms with Crippen LogP contribution in [0.5, 0.6) is 5.75 Å². The summed E-state index contributed by atoms with van der Waals surface area (Å²) in [5.41, 5.74) is 0.376. The van der Waals surface area contributed by atoms with Gasteiger partial charge in [-0.25, -0.2) is 8.42 Å². The molecule has 0 aliphatic rings. The summed E-state index contributed by atoms with van der Waals surface area (Å²) in [6.45, 7) is 5.19. The number of amides is 1. The lowest BCUT2D eigenvalue weighted by atomic mass is 10.1.